The molecule has 0 saturated heterocycles. The lowest BCUT2D eigenvalue weighted by Gasteiger charge is -2.09. The van der Waals surface area contributed by atoms with Crippen molar-refractivity contribution in [3.8, 4) is 17.0 Å². The average Bonchev–Trinajstić information content (AvgIpc) is 2.97. The second kappa shape index (κ2) is 5.72. The summed E-state index contributed by atoms with van der Waals surface area (Å²) in [5.41, 5.74) is 2.10. The van der Waals surface area contributed by atoms with Gasteiger partial charge >= 0.3 is 5.97 Å². The highest BCUT2D eigenvalue weighted by Gasteiger charge is 2.22. The van der Waals surface area contributed by atoms with Gasteiger partial charge in [0.05, 0.1) is 29.4 Å². The molecule has 118 valence electrons. The minimum Gasteiger partial charge on any atom is -0.496 e. The summed E-state index contributed by atoms with van der Waals surface area (Å²) in [6.07, 6.45) is 0. The zero-order chi connectivity index (χ0) is 16.6. The molecule has 3 aromatic rings. The van der Waals surface area contributed by atoms with Crippen LogP contribution in [0.3, 0.4) is 0 Å². The molecule has 0 amide bonds. The third-order valence-electron chi connectivity index (χ3n) is 3.63. The third kappa shape index (κ3) is 2.52. The van der Waals surface area contributed by atoms with E-state index in [1.54, 1.807) is 13.2 Å². The number of para-hydroxylation sites is 1. The molecule has 0 aliphatic carbocycles. The molecule has 0 fully saturated rings. The number of ether oxygens (including phenoxy) is 1. The fourth-order valence-corrected chi connectivity index (χ4v) is 2.53. The Hall–Kier alpha value is -2.89. The number of carbonyl (C=O) groups is 1. The third-order valence-corrected chi connectivity index (χ3v) is 3.63. The van der Waals surface area contributed by atoms with Gasteiger partial charge in [0.25, 0.3) is 5.71 Å². The Morgan fingerprint density at radius 2 is 2.04 bits per heavy atom. The monoisotopic (exact) mass is 312 g/mol. The molecule has 6 nitrogen and oxygen atoms in total. The molecule has 1 aromatic carbocycles. The maximum atomic E-state index is 11.7. The van der Waals surface area contributed by atoms with Crippen LogP contribution in [-0.2, 0) is 0 Å². The second-order valence-electron chi connectivity index (χ2n) is 5.46. The van der Waals surface area contributed by atoms with Crippen molar-refractivity contribution < 1.29 is 19.2 Å². The lowest BCUT2D eigenvalue weighted by Crippen LogP contribution is -2.02. The normalized spacial score (nSPS) is 11.1. The number of nitrogens with zero attached hydrogens (tertiary/aromatic N) is 2. The van der Waals surface area contributed by atoms with Gasteiger partial charge in [-0.3, -0.25) is 0 Å². The number of methoxy groups -OCH3 is 1. The molecule has 1 N–H and O–H groups in total. The molecule has 0 saturated carbocycles. The SMILES string of the molecule is COc1ccccc1-c1cc(C(=O)O)c2c(C(C)C)noc2n1. The Morgan fingerprint density at radius 1 is 1.30 bits per heavy atom. The molecule has 6 heteroatoms. The van der Waals surface area contributed by atoms with Crippen LogP contribution in [0.4, 0.5) is 0 Å². The topological polar surface area (TPSA) is 85.5 Å². The zero-order valence-electron chi connectivity index (χ0n) is 13.0. The molecule has 23 heavy (non-hydrogen) atoms. The number of rotatable bonds is 4. The largest absolute Gasteiger partial charge is 0.496 e. The Bertz CT molecular complexity index is 883. The van der Waals surface area contributed by atoms with E-state index in [1.807, 2.05) is 32.0 Å². The first-order valence-electron chi connectivity index (χ1n) is 7.20. The molecule has 0 atom stereocenters. The van der Waals surface area contributed by atoms with Gasteiger partial charge in [-0.25, -0.2) is 9.78 Å². The molecule has 3 rings (SSSR count). The maximum absolute atomic E-state index is 11.7. The lowest BCUT2D eigenvalue weighted by molar-refractivity contribution is 0.0699. The van der Waals surface area contributed by atoms with Crippen LogP contribution in [0.25, 0.3) is 22.4 Å². The van der Waals surface area contributed by atoms with Crippen molar-refractivity contribution in [2.75, 3.05) is 7.11 Å². The highest BCUT2D eigenvalue weighted by Crippen LogP contribution is 2.33. The predicted octanol–water partition coefficient (Wildman–Crippen LogP) is 3.72. The van der Waals surface area contributed by atoms with E-state index in [0.29, 0.717) is 28.1 Å². The Labute approximate surface area is 132 Å². The van der Waals surface area contributed by atoms with Crippen molar-refractivity contribution in [3.05, 3.63) is 41.6 Å². The quantitative estimate of drug-likeness (QED) is 0.790. The van der Waals surface area contributed by atoms with Crippen molar-refractivity contribution in [1.82, 2.24) is 10.1 Å². The van der Waals surface area contributed by atoms with Gasteiger partial charge in [0.2, 0.25) is 0 Å². The molecule has 0 bridgehead atoms. The molecule has 0 spiro atoms. The number of hydrogen-bond acceptors (Lipinski definition) is 5. The molecule has 0 radical (unpaired) electrons. The summed E-state index contributed by atoms with van der Waals surface area (Å²) >= 11 is 0. The van der Waals surface area contributed by atoms with E-state index in [9.17, 15) is 9.90 Å². The molecule has 0 unspecified atom stereocenters. The minimum atomic E-state index is -1.04. The van der Waals surface area contributed by atoms with Crippen molar-refractivity contribution >= 4 is 17.1 Å². The van der Waals surface area contributed by atoms with Crippen molar-refractivity contribution in [2.45, 2.75) is 19.8 Å². The Kier molecular flexibility index (Phi) is 3.73. The van der Waals surface area contributed by atoms with Gasteiger partial charge in [0.15, 0.2) is 0 Å². The van der Waals surface area contributed by atoms with Gasteiger partial charge in [0.1, 0.15) is 5.75 Å². The number of carboxylic acids is 1. The Morgan fingerprint density at radius 3 is 2.70 bits per heavy atom. The first-order valence-corrected chi connectivity index (χ1v) is 7.20. The summed E-state index contributed by atoms with van der Waals surface area (Å²) in [5, 5.41) is 14.0. The minimum absolute atomic E-state index is 0.0354. The van der Waals surface area contributed by atoms with Crippen LogP contribution in [0.5, 0.6) is 5.75 Å². The summed E-state index contributed by atoms with van der Waals surface area (Å²) in [6, 6.07) is 8.82. The van der Waals surface area contributed by atoms with E-state index in [4.69, 9.17) is 9.26 Å². The van der Waals surface area contributed by atoms with Gasteiger partial charge in [-0.15, -0.1) is 0 Å². The van der Waals surface area contributed by atoms with E-state index >= 15 is 0 Å². The average molecular weight is 312 g/mol. The summed E-state index contributed by atoms with van der Waals surface area (Å²) in [7, 11) is 1.56. The fraction of sp³-hybridized carbons (Fsp3) is 0.235. The van der Waals surface area contributed by atoms with Crippen LogP contribution >= 0.6 is 0 Å². The van der Waals surface area contributed by atoms with Gasteiger partial charge < -0.3 is 14.4 Å². The number of hydrogen-bond donors (Lipinski definition) is 1. The van der Waals surface area contributed by atoms with Crippen LogP contribution in [-0.4, -0.2) is 28.3 Å². The molecule has 0 aliphatic heterocycles. The van der Waals surface area contributed by atoms with Crippen LogP contribution in [0.2, 0.25) is 0 Å². The standard InChI is InChI=1S/C17H16N2O4/c1-9(2)15-14-11(17(20)21)8-12(18-16(14)23-19-15)10-6-4-5-7-13(10)22-3/h4-9H,1-3H3,(H,20,21). The maximum Gasteiger partial charge on any atom is 0.336 e. The van der Waals surface area contributed by atoms with E-state index in [-0.39, 0.29) is 17.2 Å². The molecule has 2 aromatic heterocycles. The van der Waals surface area contributed by atoms with Crippen molar-refractivity contribution in [1.29, 1.82) is 0 Å². The lowest BCUT2D eigenvalue weighted by atomic mass is 10.0. The van der Waals surface area contributed by atoms with E-state index in [0.717, 1.165) is 0 Å². The number of pyridine rings is 1. The zero-order valence-corrected chi connectivity index (χ0v) is 13.0. The first kappa shape index (κ1) is 15.0. The fourth-order valence-electron chi connectivity index (χ4n) is 2.53. The predicted molar refractivity (Wildman–Crippen MR) is 84.8 cm³/mol. The molecular weight excluding hydrogens is 296 g/mol. The number of aromatic carboxylic acids is 1. The van der Waals surface area contributed by atoms with Crippen molar-refractivity contribution in [3.63, 3.8) is 0 Å². The Balaban J connectivity index is 2.31. The van der Waals surface area contributed by atoms with Gasteiger partial charge in [0, 0.05) is 5.56 Å². The van der Waals surface area contributed by atoms with E-state index < -0.39 is 5.97 Å². The van der Waals surface area contributed by atoms with Crippen molar-refractivity contribution in [2.24, 2.45) is 0 Å². The second-order valence-corrected chi connectivity index (χ2v) is 5.46. The highest BCUT2D eigenvalue weighted by molar-refractivity contribution is 6.03. The van der Waals surface area contributed by atoms with Gasteiger partial charge in [-0.1, -0.05) is 31.1 Å². The summed E-state index contributed by atoms with van der Waals surface area (Å²) in [5.74, 6) is -0.397. The van der Waals surface area contributed by atoms with E-state index in [2.05, 4.69) is 10.1 Å². The summed E-state index contributed by atoms with van der Waals surface area (Å²) in [4.78, 5) is 16.1. The number of carboxylic acid groups (broad SMARTS) is 1. The number of benzene rings is 1. The van der Waals surface area contributed by atoms with Crippen LogP contribution in [0.1, 0.15) is 35.8 Å². The molecule has 2 heterocycles. The smallest absolute Gasteiger partial charge is 0.336 e. The number of aromatic nitrogens is 2. The summed E-state index contributed by atoms with van der Waals surface area (Å²) in [6.45, 7) is 3.86. The first-order chi connectivity index (χ1) is 11.0. The van der Waals surface area contributed by atoms with E-state index in [1.165, 1.54) is 6.07 Å². The molecular formula is C17H16N2O4. The number of fused-ring (bicyclic) bond motifs is 1. The van der Waals surface area contributed by atoms with Crippen LogP contribution < -0.4 is 4.74 Å². The van der Waals surface area contributed by atoms with Gasteiger partial charge in [-0.05, 0) is 24.1 Å². The van der Waals surface area contributed by atoms with Crippen LogP contribution in [0, 0.1) is 0 Å². The highest BCUT2D eigenvalue weighted by atomic mass is 16.5. The molecule has 0 aliphatic rings. The van der Waals surface area contributed by atoms with Gasteiger partial charge in [-0.2, -0.15) is 0 Å². The summed E-state index contributed by atoms with van der Waals surface area (Å²) < 4.78 is 10.6. The van der Waals surface area contributed by atoms with Crippen LogP contribution in [0.15, 0.2) is 34.9 Å².